The summed E-state index contributed by atoms with van der Waals surface area (Å²) in [5.74, 6) is 2.56. The van der Waals surface area contributed by atoms with Crippen molar-refractivity contribution < 1.29 is 19.0 Å². The Hall–Kier alpha value is -3.81. The standard InChI is InChI=1S/C37H45N3O4/c1-23-14-24(2)25(3)35(15-23)44-13-12-26-6-8-28(9-7-26)33-18-29-20-38-21-34(39-29)36(33)37(41)40(30-10-11-30)22-27-16-31(42-4)19-32(17-27)43-5/h6-9,14-17,19,29-30,34,38-39H,10-13,18,20-22H2,1-5H3/t29-,34-/m1/s1. The largest absolute Gasteiger partial charge is 0.497 e. The van der Waals surface area contributed by atoms with Crippen molar-refractivity contribution in [2.45, 2.75) is 71.1 Å². The molecule has 3 aromatic rings. The fourth-order valence-corrected chi connectivity index (χ4v) is 6.60. The molecule has 0 aromatic heterocycles. The molecule has 6 rings (SSSR count). The second kappa shape index (κ2) is 13.0. The smallest absolute Gasteiger partial charge is 0.252 e. The van der Waals surface area contributed by atoms with E-state index in [4.69, 9.17) is 14.2 Å². The molecule has 44 heavy (non-hydrogen) atoms. The number of carbonyl (C=O) groups is 1. The molecule has 1 aliphatic carbocycles. The van der Waals surface area contributed by atoms with Gasteiger partial charge in [-0.15, -0.1) is 0 Å². The lowest BCUT2D eigenvalue weighted by Crippen LogP contribution is -2.59. The molecule has 2 heterocycles. The van der Waals surface area contributed by atoms with Gasteiger partial charge in [-0.1, -0.05) is 30.3 Å². The lowest BCUT2D eigenvalue weighted by molar-refractivity contribution is -0.128. The van der Waals surface area contributed by atoms with Crippen LogP contribution in [0.25, 0.3) is 5.57 Å². The normalized spacial score (nSPS) is 19.5. The van der Waals surface area contributed by atoms with Crippen molar-refractivity contribution in [3.8, 4) is 17.2 Å². The Morgan fingerprint density at radius 2 is 1.64 bits per heavy atom. The first-order chi connectivity index (χ1) is 21.3. The summed E-state index contributed by atoms with van der Waals surface area (Å²) in [5, 5.41) is 7.29. The number of nitrogens with one attached hydrogen (secondary N) is 2. The molecule has 0 radical (unpaired) electrons. The maximum absolute atomic E-state index is 14.5. The van der Waals surface area contributed by atoms with Gasteiger partial charge in [-0.05, 0) is 97.2 Å². The van der Waals surface area contributed by atoms with E-state index in [1.807, 2.05) is 18.2 Å². The van der Waals surface area contributed by atoms with E-state index < -0.39 is 0 Å². The number of piperazine rings is 1. The first-order valence-electron chi connectivity index (χ1n) is 15.9. The summed E-state index contributed by atoms with van der Waals surface area (Å²) in [5.41, 5.74) is 9.13. The van der Waals surface area contributed by atoms with Gasteiger partial charge in [-0.25, -0.2) is 0 Å². The van der Waals surface area contributed by atoms with Crippen molar-refractivity contribution in [2.75, 3.05) is 33.9 Å². The van der Waals surface area contributed by atoms with Crippen LogP contribution >= 0.6 is 0 Å². The van der Waals surface area contributed by atoms with Gasteiger partial charge in [0.1, 0.15) is 17.2 Å². The van der Waals surface area contributed by atoms with E-state index in [1.165, 1.54) is 27.8 Å². The topological polar surface area (TPSA) is 72.1 Å². The third-order valence-electron chi connectivity index (χ3n) is 9.26. The van der Waals surface area contributed by atoms with Gasteiger partial charge >= 0.3 is 0 Å². The Morgan fingerprint density at radius 3 is 2.32 bits per heavy atom. The Morgan fingerprint density at radius 1 is 0.909 bits per heavy atom. The lowest BCUT2D eigenvalue weighted by Gasteiger charge is -2.41. The molecule has 1 saturated heterocycles. The molecule has 2 fully saturated rings. The Balaban J connectivity index is 1.24. The minimum absolute atomic E-state index is 0.0137. The van der Waals surface area contributed by atoms with Crippen LogP contribution in [0.1, 0.15) is 52.6 Å². The van der Waals surface area contributed by atoms with E-state index >= 15 is 0 Å². The van der Waals surface area contributed by atoms with Gasteiger partial charge < -0.3 is 29.7 Å². The van der Waals surface area contributed by atoms with Crippen LogP contribution in [0, 0.1) is 20.8 Å². The van der Waals surface area contributed by atoms with E-state index in [-0.39, 0.29) is 18.0 Å². The fraction of sp³-hybridized carbons (Fsp3) is 0.432. The van der Waals surface area contributed by atoms with Gasteiger partial charge in [0.2, 0.25) is 0 Å². The van der Waals surface area contributed by atoms with Crippen molar-refractivity contribution >= 4 is 11.5 Å². The number of benzene rings is 3. The number of ether oxygens (including phenoxy) is 3. The van der Waals surface area contributed by atoms with Crippen LogP contribution < -0.4 is 24.8 Å². The molecule has 2 bridgehead atoms. The van der Waals surface area contributed by atoms with E-state index in [2.05, 4.69) is 72.7 Å². The van der Waals surface area contributed by atoms with E-state index in [0.717, 1.165) is 72.7 Å². The van der Waals surface area contributed by atoms with Crippen LogP contribution in [0.3, 0.4) is 0 Å². The molecule has 2 aliphatic heterocycles. The average Bonchev–Trinajstić information content (AvgIpc) is 3.87. The van der Waals surface area contributed by atoms with Gasteiger partial charge in [0, 0.05) is 49.8 Å². The molecule has 2 N–H and O–H groups in total. The van der Waals surface area contributed by atoms with E-state index in [9.17, 15) is 4.79 Å². The predicted molar refractivity (Wildman–Crippen MR) is 175 cm³/mol. The van der Waals surface area contributed by atoms with Gasteiger partial charge in [-0.2, -0.15) is 0 Å². The van der Waals surface area contributed by atoms with E-state index in [0.29, 0.717) is 19.2 Å². The Labute approximate surface area is 261 Å². The molecule has 0 spiro atoms. The van der Waals surface area contributed by atoms with Crippen LogP contribution in [-0.4, -0.2) is 62.8 Å². The van der Waals surface area contributed by atoms with Crippen molar-refractivity contribution in [1.29, 1.82) is 0 Å². The van der Waals surface area contributed by atoms with Crippen molar-refractivity contribution in [1.82, 2.24) is 15.5 Å². The quantitative estimate of drug-likeness (QED) is 0.304. The number of fused-ring (bicyclic) bond motifs is 2. The zero-order valence-corrected chi connectivity index (χ0v) is 26.7. The van der Waals surface area contributed by atoms with Crippen LogP contribution in [-0.2, 0) is 17.8 Å². The molecular weight excluding hydrogens is 550 g/mol. The summed E-state index contributed by atoms with van der Waals surface area (Å²) >= 11 is 0. The number of aryl methyl sites for hydroxylation is 2. The van der Waals surface area contributed by atoms with Crippen molar-refractivity contribution in [3.05, 3.63) is 93.6 Å². The molecular formula is C37H45N3O4. The van der Waals surface area contributed by atoms with Gasteiger partial charge in [0.05, 0.1) is 26.9 Å². The molecule has 0 unspecified atom stereocenters. The number of carbonyl (C=O) groups excluding carboxylic acids is 1. The summed E-state index contributed by atoms with van der Waals surface area (Å²) in [6, 6.07) is 19.5. The number of amides is 1. The van der Waals surface area contributed by atoms with E-state index in [1.54, 1.807) is 14.2 Å². The molecule has 1 saturated carbocycles. The lowest BCUT2D eigenvalue weighted by atomic mass is 9.83. The van der Waals surface area contributed by atoms with Crippen LogP contribution in [0.2, 0.25) is 0 Å². The number of hydrogen-bond acceptors (Lipinski definition) is 6. The summed E-state index contributed by atoms with van der Waals surface area (Å²) < 4.78 is 17.2. The minimum Gasteiger partial charge on any atom is -0.497 e. The second-order valence-corrected chi connectivity index (χ2v) is 12.6. The molecule has 232 valence electrons. The second-order valence-electron chi connectivity index (χ2n) is 12.6. The summed E-state index contributed by atoms with van der Waals surface area (Å²) in [6.45, 7) is 9.16. The van der Waals surface area contributed by atoms with Gasteiger partial charge in [-0.3, -0.25) is 4.79 Å². The number of methoxy groups -OCH3 is 2. The highest BCUT2D eigenvalue weighted by Gasteiger charge is 2.41. The first kappa shape index (κ1) is 30.2. The third kappa shape index (κ3) is 6.64. The van der Waals surface area contributed by atoms with Gasteiger partial charge in [0.25, 0.3) is 5.91 Å². The average molecular weight is 596 g/mol. The fourth-order valence-electron chi connectivity index (χ4n) is 6.60. The summed E-state index contributed by atoms with van der Waals surface area (Å²) in [7, 11) is 3.31. The van der Waals surface area contributed by atoms with Gasteiger partial charge in [0.15, 0.2) is 0 Å². The molecule has 7 heteroatoms. The maximum Gasteiger partial charge on any atom is 0.252 e. The van der Waals surface area contributed by atoms with Crippen molar-refractivity contribution in [2.24, 2.45) is 0 Å². The monoisotopic (exact) mass is 595 g/mol. The summed E-state index contributed by atoms with van der Waals surface area (Å²) in [4.78, 5) is 16.6. The first-order valence-corrected chi connectivity index (χ1v) is 15.9. The zero-order valence-electron chi connectivity index (χ0n) is 26.7. The third-order valence-corrected chi connectivity index (χ3v) is 9.26. The predicted octanol–water partition coefficient (Wildman–Crippen LogP) is 5.53. The molecule has 3 aromatic carbocycles. The SMILES string of the molecule is COc1cc(CN(C(=O)C2=C(c3ccc(CCOc4cc(C)cc(C)c4C)cc3)C[C@@H]3CNC[C@H]2N3)C2CC2)cc(OC)c1. The van der Waals surface area contributed by atoms with Crippen LogP contribution in [0.4, 0.5) is 0 Å². The Kier molecular flexibility index (Phi) is 8.96. The minimum atomic E-state index is -0.0137. The zero-order chi connectivity index (χ0) is 30.8. The highest BCUT2D eigenvalue weighted by molar-refractivity contribution is 6.03. The van der Waals surface area contributed by atoms with Crippen molar-refractivity contribution in [3.63, 3.8) is 0 Å². The maximum atomic E-state index is 14.5. The molecule has 7 nitrogen and oxygen atoms in total. The summed E-state index contributed by atoms with van der Waals surface area (Å²) in [6.07, 6.45) is 3.72. The highest BCUT2D eigenvalue weighted by Crippen LogP contribution is 2.37. The molecule has 1 amide bonds. The highest BCUT2D eigenvalue weighted by atomic mass is 16.5. The van der Waals surface area contributed by atoms with Crippen LogP contribution in [0.15, 0.2) is 60.2 Å². The Bertz CT molecular complexity index is 1520. The van der Waals surface area contributed by atoms with Crippen LogP contribution in [0.5, 0.6) is 17.2 Å². The molecule has 2 atom stereocenters. The molecule has 3 aliphatic rings. The number of nitrogens with zero attached hydrogens (tertiary/aromatic N) is 1. The number of rotatable bonds is 11. The number of hydrogen-bond donors (Lipinski definition) is 2.